The molecule has 0 spiro atoms. The van der Waals surface area contributed by atoms with E-state index >= 15 is 0 Å². The fraction of sp³-hybridized carbons (Fsp3) is 0.105. The van der Waals surface area contributed by atoms with Crippen LogP contribution in [-0.4, -0.2) is 15.8 Å². The number of H-pyrrole nitrogens is 1. The predicted molar refractivity (Wildman–Crippen MR) is 93.9 cm³/mol. The first-order valence-corrected chi connectivity index (χ1v) is 8.38. The van der Waals surface area contributed by atoms with Crippen molar-refractivity contribution in [3.8, 4) is 0 Å². The Hall–Kier alpha value is -3.62. The number of aromatic amines is 1. The molecule has 1 atom stereocenters. The maximum Gasteiger partial charge on any atom is 0.416 e. The number of amides is 1. The van der Waals surface area contributed by atoms with E-state index in [-0.39, 0.29) is 5.70 Å². The zero-order chi connectivity index (χ0) is 19.7. The molecule has 3 N–H and O–H groups in total. The summed E-state index contributed by atoms with van der Waals surface area (Å²) in [6.07, 6.45) is 4.90. The molecule has 1 amide bonds. The number of aromatic nitrogens is 2. The van der Waals surface area contributed by atoms with Gasteiger partial charge in [0.25, 0.3) is 18.1 Å². The Bertz CT molecular complexity index is 998. The summed E-state index contributed by atoms with van der Waals surface area (Å²) in [5.74, 6) is -0.0869. The minimum atomic E-state index is -4.45. The predicted octanol–water partition coefficient (Wildman–Crippen LogP) is 2.75. The molecule has 1 aromatic carbocycles. The molecule has 28 heavy (non-hydrogen) atoms. The fourth-order valence-electron chi connectivity index (χ4n) is 3.06. The molecule has 2 aliphatic rings. The molecule has 3 heterocycles. The third kappa shape index (κ3) is 3.34. The van der Waals surface area contributed by atoms with Gasteiger partial charge in [0, 0.05) is 12.3 Å². The summed E-state index contributed by atoms with van der Waals surface area (Å²) >= 11 is 0. The van der Waals surface area contributed by atoms with E-state index in [0.29, 0.717) is 17.1 Å². The number of fused-ring (bicyclic) bond motifs is 1. The Morgan fingerprint density at radius 3 is 2.86 bits per heavy atom. The number of allylic oxidation sites excluding steroid dienone is 3. The van der Waals surface area contributed by atoms with Crippen molar-refractivity contribution in [1.82, 2.24) is 15.2 Å². The second kappa shape index (κ2) is 6.84. The van der Waals surface area contributed by atoms with E-state index < -0.39 is 23.8 Å². The highest BCUT2D eigenvalue weighted by atomic mass is 19.4. The molecular formula is C19H15F3N5O+. The maximum absolute atomic E-state index is 13.1. The van der Waals surface area contributed by atoms with Gasteiger partial charge in [0.2, 0.25) is 0 Å². The first-order valence-electron chi connectivity index (χ1n) is 8.38. The van der Waals surface area contributed by atoms with Crippen LogP contribution in [0, 0.1) is 0 Å². The van der Waals surface area contributed by atoms with Crippen molar-refractivity contribution in [3.05, 3.63) is 89.8 Å². The number of hydrogen-bond donors (Lipinski definition) is 2. The van der Waals surface area contributed by atoms with Crippen LogP contribution in [0.1, 0.15) is 17.3 Å². The Balaban J connectivity index is 1.64. The number of alkyl halides is 3. The lowest BCUT2D eigenvalue weighted by Crippen LogP contribution is -2.28. The molecule has 0 radical (unpaired) electrons. The van der Waals surface area contributed by atoms with Crippen molar-refractivity contribution in [2.24, 2.45) is 0 Å². The van der Waals surface area contributed by atoms with Crippen molar-refractivity contribution in [2.75, 3.05) is 5.32 Å². The summed E-state index contributed by atoms with van der Waals surface area (Å²) in [6.45, 7) is 0. The largest absolute Gasteiger partial charge is 0.416 e. The highest BCUT2D eigenvalue weighted by molar-refractivity contribution is 6.04. The standard InChI is InChI=1S/C19H14F3N5O/c20-19(21,22)13-5-3-4-12(10-13)17-26-16(14-6-1-2-9-27(14)17)18(28)25-15-7-8-23-11-24-15/h1-11,17,26H,(H,23,24,25,28)/p+1. The Kier molecular flexibility index (Phi) is 4.34. The van der Waals surface area contributed by atoms with Gasteiger partial charge >= 0.3 is 6.18 Å². The number of carbonyl (C=O) groups is 1. The van der Waals surface area contributed by atoms with Crippen molar-refractivity contribution >= 4 is 11.7 Å². The number of halogens is 3. The average molecular weight is 386 g/mol. The summed E-state index contributed by atoms with van der Waals surface area (Å²) in [7, 11) is 0. The lowest BCUT2D eigenvalue weighted by molar-refractivity contribution is -0.382. The quantitative estimate of drug-likeness (QED) is 0.851. The molecule has 9 heteroatoms. The average Bonchev–Trinajstić information content (AvgIpc) is 3.08. The molecule has 0 saturated heterocycles. The normalized spacial score (nSPS) is 18.1. The lowest BCUT2D eigenvalue weighted by atomic mass is 10.1. The highest BCUT2D eigenvalue weighted by Crippen LogP contribution is 2.36. The van der Waals surface area contributed by atoms with Crippen molar-refractivity contribution in [2.45, 2.75) is 12.3 Å². The second-order valence-electron chi connectivity index (χ2n) is 6.14. The molecule has 4 rings (SSSR count). The van der Waals surface area contributed by atoms with Crippen LogP contribution < -0.4 is 15.6 Å². The molecule has 142 valence electrons. The second-order valence-corrected chi connectivity index (χ2v) is 6.14. The van der Waals surface area contributed by atoms with E-state index in [4.69, 9.17) is 0 Å². The molecule has 0 bridgehead atoms. The molecule has 0 saturated carbocycles. The topological polar surface area (TPSA) is 71.4 Å². The van der Waals surface area contributed by atoms with Gasteiger partial charge in [-0.3, -0.25) is 15.1 Å². The number of benzene rings is 1. The number of anilines is 1. The van der Waals surface area contributed by atoms with Gasteiger partial charge in [-0.2, -0.15) is 13.2 Å². The van der Waals surface area contributed by atoms with Crippen molar-refractivity contribution < 1.29 is 22.9 Å². The number of rotatable bonds is 3. The van der Waals surface area contributed by atoms with Crippen LogP contribution in [0.15, 0.2) is 78.7 Å². The zero-order valence-corrected chi connectivity index (χ0v) is 14.4. The third-order valence-corrected chi connectivity index (χ3v) is 4.32. The van der Waals surface area contributed by atoms with Gasteiger partial charge in [-0.15, -0.1) is 0 Å². The summed E-state index contributed by atoms with van der Waals surface area (Å²) in [5.41, 5.74) is 0.456. The lowest BCUT2D eigenvalue weighted by Gasteiger charge is -2.26. The van der Waals surface area contributed by atoms with Gasteiger partial charge in [-0.05, 0) is 34.8 Å². The van der Waals surface area contributed by atoms with Crippen molar-refractivity contribution in [3.63, 3.8) is 0 Å². The molecule has 0 fully saturated rings. The first-order chi connectivity index (χ1) is 13.4. The fourth-order valence-corrected chi connectivity index (χ4v) is 3.06. The minimum absolute atomic E-state index is 0.248. The summed E-state index contributed by atoms with van der Waals surface area (Å²) in [4.78, 5) is 21.2. The number of nitrogens with one attached hydrogen (secondary N) is 3. The maximum atomic E-state index is 13.1. The molecule has 2 aliphatic heterocycles. The third-order valence-electron chi connectivity index (χ3n) is 4.32. The van der Waals surface area contributed by atoms with Crippen LogP contribution in [0.2, 0.25) is 0 Å². The summed E-state index contributed by atoms with van der Waals surface area (Å²) < 4.78 is 39.3. The molecule has 1 aromatic heterocycles. The van der Waals surface area contributed by atoms with E-state index in [1.54, 1.807) is 47.7 Å². The molecule has 6 nitrogen and oxygen atoms in total. The Morgan fingerprint density at radius 2 is 2.11 bits per heavy atom. The summed E-state index contributed by atoms with van der Waals surface area (Å²) in [6, 6.07) is 6.63. The van der Waals surface area contributed by atoms with Crippen LogP contribution in [-0.2, 0) is 11.0 Å². The molecule has 1 unspecified atom stereocenters. The molecular weight excluding hydrogens is 371 g/mol. The van der Waals surface area contributed by atoms with Crippen molar-refractivity contribution in [1.29, 1.82) is 0 Å². The SMILES string of the molecule is O=C(Nc1cc[nH+]cn1)C1=C2C=CC=CN2C(c2cccc(C(F)(F)F)c2)N1. The van der Waals surface area contributed by atoms with Crippen LogP contribution in [0.4, 0.5) is 19.0 Å². The van der Waals surface area contributed by atoms with E-state index in [1.807, 2.05) is 0 Å². The van der Waals surface area contributed by atoms with Gasteiger partial charge in [0.1, 0.15) is 11.9 Å². The van der Waals surface area contributed by atoms with Gasteiger partial charge in [-0.1, -0.05) is 18.2 Å². The summed E-state index contributed by atoms with van der Waals surface area (Å²) in [5, 5.41) is 5.71. The Labute approximate surface area is 158 Å². The van der Waals surface area contributed by atoms with Crippen LogP contribution in [0.3, 0.4) is 0 Å². The number of carbonyl (C=O) groups excluding carboxylic acids is 1. The molecule has 2 aromatic rings. The van der Waals surface area contributed by atoms with Gasteiger partial charge in [0.15, 0.2) is 0 Å². The van der Waals surface area contributed by atoms with Crippen LogP contribution >= 0.6 is 0 Å². The number of nitrogens with zero attached hydrogens (tertiary/aromatic N) is 2. The van der Waals surface area contributed by atoms with E-state index in [2.05, 4.69) is 20.6 Å². The van der Waals surface area contributed by atoms with E-state index in [0.717, 1.165) is 12.1 Å². The highest BCUT2D eigenvalue weighted by Gasteiger charge is 2.36. The van der Waals surface area contributed by atoms with Gasteiger partial charge < -0.3 is 10.2 Å². The zero-order valence-electron chi connectivity index (χ0n) is 14.4. The van der Waals surface area contributed by atoms with Gasteiger partial charge in [0.05, 0.1) is 17.5 Å². The molecule has 0 aliphatic carbocycles. The smallest absolute Gasteiger partial charge is 0.355 e. The van der Waals surface area contributed by atoms with Crippen LogP contribution in [0.25, 0.3) is 0 Å². The minimum Gasteiger partial charge on any atom is -0.355 e. The van der Waals surface area contributed by atoms with Gasteiger partial charge in [-0.25, -0.2) is 0 Å². The Morgan fingerprint density at radius 1 is 1.25 bits per heavy atom. The van der Waals surface area contributed by atoms with E-state index in [9.17, 15) is 18.0 Å². The monoisotopic (exact) mass is 386 g/mol. The van der Waals surface area contributed by atoms with E-state index in [1.165, 1.54) is 12.4 Å². The number of hydrogen-bond acceptors (Lipinski definition) is 4. The first kappa shape index (κ1) is 17.8. The van der Waals surface area contributed by atoms with Crippen LogP contribution in [0.5, 0.6) is 0 Å².